The normalized spacial score (nSPS) is 12.1. The third kappa shape index (κ3) is 4.11. The number of aliphatic hydroxyl groups excluding tert-OH is 2. The maximum Gasteiger partial charge on any atom is 0.0633 e. The number of benzene rings is 1. The van der Waals surface area contributed by atoms with Crippen LogP contribution in [0.2, 0.25) is 0 Å². The highest BCUT2D eigenvalue weighted by molar-refractivity contribution is 5.24. The molecule has 0 aliphatic rings. The predicted molar refractivity (Wildman–Crippen MR) is 69.9 cm³/mol. The van der Waals surface area contributed by atoms with Crippen molar-refractivity contribution in [1.29, 1.82) is 0 Å². The van der Waals surface area contributed by atoms with E-state index in [-0.39, 0.29) is 13.2 Å². The van der Waals surface area contributed by atoms with Crippen molar-refractivity contribution in [1.82, 2.24) is 5.32 Å². The van der Waals surface area contributed by atoms with E-state index in [1.54, 1.807) is 6.92 Å². The van der Waals surface area contributed by atoms with Crippen LogP contribution in [0.3, 0.4) is 0 Å². The summed E-state index contributed by atoms with van der Waals surface area (Å²) in [5, 5.41) is 21.5. The molecule has 1 rings (SSSR count). The van der Waals surface area contributed by atoms with Gasteiger partial charge in [0.15, 0.2) is 0 Å². The van der Waals surface area contributed by atoms with E-state index in [4.69, 9.17) is 10.2 Å². The van der Waals surface area contributed by atoms with Crippen LogP contribution in [0.5, 0.6) is 0 Å². The Morgan fingerprint density at radius 3 is 2.06 bits per heavy atom. The zero-order valence-corrected chi connectivity index (χ0v) is 10.9. The molecule has 0 amide bonds. The topological polar surface area (TPSA) is 52.5 Å². The fourth-order valence-electron chi connectivity index (χ4n) is 1.50. The predicted octanol–water partition coefficient (Wildman–Crippen LogP) is 1.64. The van der Waals surface area contributed by atoms with Crippen LogP contribution in [0, 0.1) is 0 Å². The molecule has 0 heterocycles. The fourth-order valence-corrected chi connectivity index (χ4v) is 1.50. The van der Waals surface area contributed by atoms with Crippen molar-refractivity contribution in [2.24, 2.45) is 0 Å². The highest BCUT2D eigenvalue weighted by atomic mass is 16.3. The summed E-state index contributed by atoms with van der Waals surface area (Å²) in [4.78, 5) is 0. The Kier molecular flexibility index (Phi) is 5.12. The minimum absolute atomic E-state index is 0.0758. The van der Waals surface area contributed by atoms with E-state index in [0.717, 1.165) is 5.56 Å². The fraction of sp³-hybridized carbons (Fsp3) is 0.571. The summed E-state index contributed by atoms with van der Waals surface area (Å²) in [5.41, 5.74) is 1.86. The molecule has 1 aromatic rings. The minimum Gasteiger partial charge on any atom is -0.394 e. The van der Waals surface area contributed by atoms with E-state index in [0.29, 0.717) is 12.5 Å². The maximum absolute atomic E-state index is 9.16. The quantitative estimate of drug-likeness (QED) is 0.705. The van der Waals surface area contributed by atoms with Crippen LogP contribution < -0.4 is 5.32 Å². The van der Waals surface area contributed by atoms with Gasteiger partial charge in [0.25, 0.3) is 0 Å². The van der Waals surface area contributed by atoms with Crippen molar-refractivity contribution in [2.45, 2.75) is 38.8 Å². The second-order valence-corrected chi connectivity index (χ2v) is 5.13. The Balaban J connectivity index is 2.58. The van der Waals surface area contributed by atoms with Crippen LogP contribution in [-0.4, -0.2) is 29.0 Å². The van der Waals surface area contributed by atoms with Crippen molar-refractivity contribution < 1.29 is 10.2 Å². The highest BCUT2D eigenvalue weighted by Crippen LogP contribution is 2.15. The smallest absolute Gasteiger partial charge is 0.0633 e. The molecule has 0 fully saturated rings. The third-order valence-electron chi connectivity index (χ3n) is 3.06. The molecule has 0 aliphatic heterocycles. The summed E-state index contributed by atoms with van der Waals surface area (Å²) >= 11 is 0. The number of hydrogen-bond donors (Lipinski definition) is 3. The lowest BCUT2D eigenvalue weighted by molar-refractivity contribution is 0.103. The van der Waals surface area contributed by atoms with Gasteiger partial charge in [-0.2, -0.15) is 0 Å². The molecule has 0 spiro atoms. The molecule has 3 N–H and O–H groups in total. The molecule has 0 aromatic heterocycles. The van der Waals surface area contributed by atoms with Crippen LogP contribution in [-0.2, 0) is 6.54 Å². The molecule has 0 atom stereocenters. The van der Waals surface area contributed by atoms with Crippen LogP contribution in [0.1, 0.15) is 37.8 Å². The summed E-state index contributed by atoms with van der Waals surface area (Å²) in [6, 6.07) is 8.41. The van der Waals surface area contributed by atoms with Crippen LogP contribution >= 0.6 is 0 Å². The van der Waals surface area contributed by atoms with E-state index >= 15 is 0 Å². The molecule has 3 heteroatoms. The molecule has 3 nitrogen and oxygen atoms in total. The summed E-state index contributed by atoms with van der Waals surface area (Å²) in [6.45, 7) is 6.64. The molecule has 0 saturated heterocycles. The second-order valence-electron chi connectivity index (χ2n) is 5.13. The van der Waals surface area contributed by atoms with Gasteiger partial charge in [-0.3, -0.25) is 0 Å². The van der Waals surface area contributed by atoms with Gasteiger partial charge in [-0.25, -0.2) is 0 Å². The van der Waals surface area contributed by atoms with Crippen molar-refractivity contribution in [3.8, 4) is 0 Å². The number of rotatable bonds is 6. The maximum atomic E-state index is 9.16. The Morgan fingerprint density at radius 2 is 1.65 bits per heavy atom. The number of nitrogens with one attached hydrogen (secondary N) is 1. The van der Waals surface area contributed by atoms with Crippen LogP contribution in [0.25, 0.3) is 0 Å². The lowest BCUT2D eigenvalue weighted by Gasteiger charge is -2.26. The van der Waals surface area contributed by atoms with Crippen LogP contribution in [0.15, 0.2) is 24.3 Å². The monoisotopic (exact) mass is 237 g/mol. The lowest BCUT2D eigenvalue weighted by atomic mass is 10.0. The third-order valence-corrected chi connectivity index (χ3v) is 3.06. The standard InChI is InChI=1S/C14H23NO2/c1-11(2)13-6-4-12(5-7-13)8-15-14(3,9-16)10-17/h4-7,11,15-17H,8-10H2,1-3H3. The van der Waals surface area contributed by atoms with Crippen molar-refractivity contribution in [3.05, 3.63) is 35.4 Å². The number of hydrogen-bond acceptors (Lipinski definition) is 3. The van der Waals surface area contributed by atoms with Gasteiger partial charge in [-0.1, -0.05) is 38.1 Å². The molecule has 17 heavy (non-hydrogen) atoms. The lowest BCUT2D eigenvalue weighted by Crippen LogP contribution is -2.48. The Morgan fingerprint density at radius 1 is 1.12 bits per heavy atom. The van der Waals surface area contributed by atoms with E-state index in [9.17, 15) is 0 Å². The van der Waals surface area contributed by atoms with Gasteiger partial charge in [0.1, 0.15) is 0 Å². The molecule has 0 aliphatic carbocycles. The van der Waals surface area contributed by atoms with E-state index < -0.39 is 5.54 Å². The molecule has 0 radical (unpaired) electrons. The van der Waals surface area contributed by atoms with E-state index in [1.807, 2.05) is 0 Å². The summed E-state index contributed by atoms with van der Waals surface area (Å²) in [5.74, 6) is 0.539. The first-order valence-corrected chi connectivity index (χ1v) is 6.06. The average molecular weight is 237 g/mol. The molecule has 96 valence electrons. The van der Waals surface area contributed by atoms with Crippen LogP contribution in [0.4, 0.5) is 0 Å². The molecular weight excluding hydrogens is 214 g/mol. The highest BCUT2D eigenvalue weighted by Gasteiger charge is 2.20. The van der Waals surface area contributed by atoms with Gasteiger partial charge in [0, 0.05) is 6.54 Å². The van der Waals surface area contributed by atoms with Gasteiger partial charge in [0.2, 0.25) is 0 Å². The molecule has 1 aromatic carbocycles. The zero-order chi connectivity index (χ0) is 12.9. The van der Waals surface area contributed by atoms with Gasteiger partial charge in [-0.05, 0) is 24.0 Å². The van der Waals surface area contributed by atoms with Crippen molar-refractivity contribution in [2.75, 3.05) is 13.2 Å². The zero-order valence-electron chi connectivity index (χ0n) is 10.9. The second kappa shape index (κ2) is 6.15. The Bertz CT molecular complexity index is 329. The van der Waals surface area contributed by atoms with Crippen molar-refractivity contribution >= 4 is 0 Å². The van der Waals surface area contributed by atoms with E-state index in [1.165, 1.54) is 5.56 Å². The Hall–Kier alpha value is -0.900. The SMILES string of the molecule is CC(C)c1ccc(CNC(C)(CO)CO)cc1. The summed E-state index contributed by atoms with van der Waals surface area (Å²) in [7, 11) is 0. The number of aliphatic hydroxyl groups is 2. The minimum atomic E-state index is -0.614. The van der Waals surface area contributed by atoms with Gasteiger partial charge < -0.3 is 15.5 Å². The largest absolute Gasteiger partial charge is 0.394 e. The molecule has 0 bridgehead atoms. The van der Waals surface area contributed by atoms with E-state index in [2.05, 4.69) is 43.4 Å². The average Bonchev–Trinajstić information content (AvgIpc) is 2.36. The molecule has 0 saturated carbocycles. The molecule has 0 unspecified atom stereocenters. The Labute approximate surface area is 103 Å². The summed E-state index contributed by atoms with van der Waals surface area (Å²) in [6.07, 6.45) is 0. The van der Waals surface area contributed by atoms with Gasteiger partial charge in [-0.15, -0.1) is 0 Å². The first-order valence-electron chi connectivity index (χ1n) is 6.06. The first kappa shape index (κ1) is 14.2. The summed E-state index contributed by atoms with van der Waals surface area (Å²) < 4.78 is 0. The van der Waals surface area contributed by atoms with Crippen molar-refractivity contribution in [3.63, 3.8) is 0 Å². The van der Waals surface area contributed by atoms with Gasteiger partial charge in [0.05, 0.1) is 18.8 Å². The first-order chi connectivity index (χ1) is 8.00. The van der Waals surface area contributed by atoms with Gasteiger partial charge >= 0.3 is 0 Å². The molecular formula is C14H23NO2.